The summed E-state index contributed by atoms with van der Waals surface area (Å²) in [6.45, 7) is 4.52. The fourth-order valence-corrected chi connectivity index (χ4v) is 3.16. The van der Waals surface area contributed by atoms with Gasteiger partial charge in [-0.2, -0.15) is 5.10 Å². The van der Waals surface area contributed by atoms with E-state index in [9.17, 15) is 4.79 Å². The van der Waals surface area contributed by atoms with Gasteiger partial charge in [-0.15, -0.1) is 0 Å². The normalized spacial score (nSPS) is 10.8. The van der Waals surface area contributed by atoms with E-state index in [4.69, 9.17) is 4.42 Å². The summed E-state index contributed by atoms with van der Waals surface area (Å²) in [6.07, 6.45) is 4.01. The van der Waals surface area contributed by atoms with Crippen LogP contribution in [0.3, 0.4) is 0 Å². The third-order valence-corrected chi connectivity index (χ3v) is 4.70. The molecule has 3 aromatic heterocycles. The lowest BCUT2D eigenvalue weighted by Gasteiger charge is -2.11. The number of rotatable bonds is 6. The molecule has 4 rings (SSSR count). The van der Waals surface area contributed by atoms with Crippen molar-refractivity contribution in [2.75, 3.05) is 6.54 Å². The monoisotopic (exact) mass is 386 g/mol. The predicted molar refractivity (Wildman–Crippen MR) is 111 cm³/mol. The van der Waals surface area contributed by atoms with Gasteiger partial charge in [-0.3, -0.25) is 9.78 Å². The average molecular weight is 386 g/mol. The van der Waals surface area contributed by atoms with E-state index in [2.05, 4.69) is 15.4 Å². The molecule has 0 saturated carbocycles. The molecule has 0 aliphatic heterocycles. The molecule has 0 spiro atoms. The van der Waals surface area contributed by atoms with Gasteiger partial charge in [-0.1, -0.05) is 18.2 Å². The van der Waals surface area contributed by atoms with Gasteiger partial charge in [-0.25, -0.2) is 4.68 Å². The van der Waals surface area contributed by atoms with E-state index in [1.54, 1.807) is 29.3 Å². The van der Waals surface area contributed by atoms with Crippen LogP contribution in [0.1, 0.15) is 27.3 Å². The Morgan fingerprint density at radius 3 is 2.76 bits per heavy atom. The Hall–Kier alpha value is -3.67. The third kappa shape index (κ3) is 4.11. The minimum absolute atomic E-state index is 0.188. The number of carbonyl (C=O) groups is 1. The van der Waals surface area contributed by atoms with Crippen LogP contribution in [0.25, 0.3) is 17.1 Å². The summed E-state index contributed by atoms with van der Waals surface area (Å²) in [4.78, 5) is 17.3. The first-order valence-electron chi connectivity index (χ1n) is 9.51. The maximum atomic E-state index is 13.0. The number of nitrogens with zero attached hydrogens (tertiary/aromatic N) is 3. The minimum atomic E-state index is -0.188. The summed E-state index contributed by atoms with van der Waals surface area (Å²) in [5.74, 6) is 0.434. The van der Waals surface area contributed by atoms with Gasteiger partial charge < -0.3 is 9.73 Å². The molecule has 1 N–H and O–H groups in total. The van der Waals surface area contributed by atoms with Gasteiger partial charge >= 0.3 is 0 Å². The van der Waals surface area contributed by atoms with Crippen LogP contribution in [0, 0.1) is 13.8 Å². The number of aryl methyl sites for hydroxylation is 2. The molecule has 3 heterocycles. The summed E-state index contributed by atoms with van der Waals surface area (Å²) in [5.41, 5.74) is 5.02. The van der Waals surface area contributed by atoms with Gasteiger partial charge in [0.05, 0.1) is 12.0 Å². The molecule has 0 aliphatic rings. The van der Waals surface area contributed by atoms with Crippen LogP contribution in [-0.4, -0.2) is 27.2 Å². The van der Waals surface area contributed by atoms with Gasteiger partial charge in [0.15, 0.2) is 5.76 Å². The molecule has 0 atom stereocenters. The molecule has 146 valence electrons. The molecule has 0 fully saturated rings. The van der Waals surface area contributed by atoms with Gasteiger partial charge in [0.1, 0.15) is 11.4 Å². The summed E-state index contributed by atoms with van der Waals surface area (Å²) >= 11 is 0. The minimum Gasteiger partial charge on any atom is -0.463 e. The van der Waals surface area contributed by atoms with E-state index in [1.807, 2.05) is 56.3 Å². The number of hydrogen-bond acceptors (Lipinski definition) is 4. The number of aromatic nitrogens is 3. The van der Waals surface area contributed by atoms with Crippen molar-refractivity contribution in [2.24, 2.45) is 0 Å². The summed E-state index contributed by atoms with van der Waals surface area (Å²) in [7, 11) is 0. The highest BCUT2D eigenvalue weighted by atomic mass is 16.3. The van der Waals surface area contributed by atoms with Crippen LogP contribution in [0.4, 0.5) is 0 Å². The zero-order chi connectivity index (χ0) is 20.2. The molecule has 1 aromatic carbocycles. The molecule has 4 aromatic rings. The van der Waals surface area contributed by atoms with Crippen molar-refractivity contribution in [3.8, 4) is 17.1 Å². The van der Waals surface area contributed by atoms with Crippen LogP contribution in [0.15, 0.2) is 71.5 Å². The first-order valence-corrected chi connectivity index (χ1v) is 9.51. The first-order chi connectivity index (χ1) is 14.1. The molecule has 0 aliphatic carbocycles. The lowest BCUT2D eigenvalue weighted by molar-refractivity contribution is 0.0946. The van der Waals surface area contributed by atoms with E-state index in [-0.39, 0.29) is 5.91 Å². The highest BCUT2D eigenvalue weighted by molar-refractivity contribution is 5.94. The molecule has 0 unspecified atom stereocenters. The van der Waals surface area contributed by atoms with Gasteiger partial charge in [0, 0.05) is 30.9 Å². The van der Waals surface area contributed by atoms with E-state index >= 15 is 0 Å². The predicted octanol–water partition coefficient (Wildman–Crippen LogP) is 4.12. The van der Waals surface area contributed by atoms with Crippen molar-refractivity contribution in [1.29, 1.82) is 0 Å². The Labute approximate surface area is 169 Å². The van der Waals surface area contributed by atoms with Crippen LogP contribution >= 0.6 is 0 Å². The quantitative estimate of drug-likeness (QED) is 0.541. The largest absolute Gasteiger partial charge is 0.463 e. The highest BCUT2D eigenvalue weighted by Crippen LogP contribution is 2.24. The number of benzene rings is 1. The smallest absolute Gasteiger partial charge is 0.270 e. The van der Waals surface area contributed by atoms with E-state index in [1.165, 1.54) is 0 Å². The topological polar surface area (TPSA) is 73.0 Å². The van der Waals surface area contributed by atoms with Crippen LogP contribution < -0.4 is 5.32 Å². The lowest BCUT2D eigenvalue weighted by Crippen LogP contribution is -2.28. The zero-order valence-electron chi connectivity index (χ0n) is 16.4. The summed E-state index contributed by atoms with van der Waals surface area (Å²) < 4.78 is 7.17. The van der Waals surface area contributed by atoms with Crippen LogP contribution in [-0.2, 0) is 6.42 Å². The van der Waals surface area contributed by atoms with Crippen molar-refractivity contribution >= 4 is 5.91 Å². The Balaban J connectivity index is 1.64. The van der Waals surface area contributed by atoms with E-state index in [0.29, 0.717) is 30.1 Å². The second-order valence-electron chi connectivity index (χ2n) is 6.92. The van der Waals surface area contributed by atoms with Crippen molar-refractivity contribution in [1.82, 2.24) is 20.1 Å². The SMILES string of the molecule is Cc1ccc(C)c(-n2nc(-c3ccco3)cc2C(=O)NCCc2ccccn2)c1. The third-order valence-electron chi connectivity index (χ3n) is 4.70. The van der Waals surface area contributed by atoms with Crippen LogP contribution in [0.5, 0.6) is 0 Å². The van der Waals surface area contributed by atoms with Crippen molar-refractivity contribution < 1.29 is 9.21 Å². The standard InChI is InChI=1S/C23H22N4O2/c1-16-8-9-17(2)20(14-16)27-21(15-19(26-27)22-7-5-13-29-22)23(28)25-12-10-18-6-3-4-11-24-18/h3-9,11,13-15H,10,12H2,1-2H3,(H,25,28). The second-order valence-corrected chi connectivity index (χ2v) is 6.92. The maximum Gasteiger partial charge on any atom is 0.270 e. The van der Waals surface area contributed by atoms with E-state index < -0.39 is 0 Å². The fourth-order valence-electron chi connectivity index (χ4n) is 3.16. The Bertz CT molecular complexity index is 1120. The molecule has 1 amide bonds. The molecular formula is C23H22N4O2. The second kappa shape index (κ2) is 8.14. The fraction of sp³-hybridized carbons (Fsp3) is 0.174. The molecule has 0 saturated heterocycles. The van der Waals surface area contributed by atoms with Crippen molar-refractivity contribution in [2.45, 2.75) is 20.3 Å². The van der Waals surface area contributed by atoms with Crippen LogP contribution in [0.2, 0.25) is 0 Å². The van der Waals surface area contributed by atoms with Gasteiger partial charge in [0.25, 0.3) is 5.91 Å². The summed E-state index contributed by atoms with van der Waals surface area (Å²) in [6, 6.07) is 17.3. The van der Waals surface area contributed by atoms with Gasteiger partial charge in [-0.05, 0) is 55.3 Å². The van der Waals surface area contributed by atoms with E-state index in [0.717, 1.165) is 22.5 Å². The lowest BCUT2D eigenvalue weighted by atomic mass is 10.1. The number of furan rings is 1. The summed E-state index contributed by atoms with van der Waals surface area (Å²) in [5, 5.41) is 7.64. The molecule has 29 heavy (non-hydrogen) atoms. The highest BCUT2D eigenvalue weighted by Gasteiger charge is 2.19. The number of carbonyl (C=O) groups excluding carboxylic acids is 1. The average Bonchev–Trinajstić information content (AvgIpc) is 3.40. The molecule has 0 radical (unpaired) electrons. The molecule has 6 heteroatoms. The zero-order valence-corrected chi connectivity index (χ0v) is 16.4. The molecule has 6 nitrogen and oxygen atoms in total. The van der Waals surface area contributed by atoms with Gasteiger partial charge in [0.2, 0.25) is 0 Å². The van der Waals surface area contributed by atoms with Crippen molar-refractivity contribution in [3.63, 3.8) is 0 Å². The first kappa shape index (κ1) is 18.7. The Morgan fingerprint density at radius 1 is 1.10 bits per heavy atom. The number of hydrogen-bond donors (Lipinski definition) is 1. The number of amides is 1. The Kier molecular flexibility index (Phi) is 5.24. The maximum absolute atomic E-state index is 13.0. The number of pyridine rings is 1. The molecule has 0 bridgehead atoms. The molecular weight excluding hydrogens is 364 g/mol. The Morgan fingerprint density at radius 2 is 2.00 bits per heavy atom. The van der Waals surface area contributed by atoms with Crippen molar-refractivity contribution in [3.05, 3.63) is 89.6 Å². The number of nitrogens with one attached hydrogen (secondary N) is 1.